The second-order valence-corrected chi connectivity index (χ2v) is 12.4. The predicted molar refractivity (Wildman–Crippen MR) is 164 cm³/mol. The lowest BCUT2D eigenvalue weighted by atomic mass is 9.84. The van der Waals surface area contributed by atoms with Crippen molar-refractivity contribution >= 4 is 11.4 Å². The van der Waals surface area contributed by atoms with Crippen molar-refractivity contribution in [3.05, 3.63) is 56.3 Å². The molecule has 2 N–H and O–H groups in total. The third-order valence-corrected chi connectivity index (χ3v) is 8.64. The molecule has 222 valence electrons. The molecule has 1 heterocycles. The van der Waals surface area contributed by atoms with E-state index in [-0.39, 0.29) is 28.9 Å². The lowest BCUT2D eigenvalue weighted by Gasteiger charge is -2.39. The normalized spacial score (nSPS) is 20.2. The molecule has 2 aromatic carbocycles. The average Bonchev–Trinajstić information content (AvgIpc) is 2.97. The van der Waals surface area contributed by atoms with Gasteiger partial charge in [0.25, 0.3) is 10.9 Å². The van der Waals surface area contributed by atoms with E-state index < -0.39 is 0 Å². The Morgan fingerprint density at radius 3 is 2.45 bits per heavy atom. The Balaban J connectivity index is 1.48. The molecule has 2 fully saturated rings. The maximum absolute atomic E-state index is 13.0. The Morgan fingerprint density at radius 1 is 0.950 bits per heavy atom. The Kier molecular flexibility index (Phi) is 12.1. The zero-order valence-electron chi connectivity index (χ0n) is 25.0. The fraction of sp³-hybridized carbons (Fsp3) is 0.697. The molecule has 2 aromatic rings. The standard InChI is InChI=1S/C33H51N3O4/c1-24(2)21-34-22-28(20-25-12-6-4-7-13-25)35-29-30(32(38)31(29)37)36-17-10-16-27(23-36)33(40-19-11-18-39-3)26-14-8-5-9-15-26/h5,8-9,14-15,24-25,27-28,33-35H,4,6-7,10-13,16-23H2,1-3H3/t27-,28+,33?/m1/s1. The molecule has 7 heteroatoms. The summed E-state index contributed by atoms with van der Waals surface area (Å²) >= 11 is 0. The van der Waals surface area contributed by atoms with Crippen molar-refractivity contribution in [2.75, 3.05) is 56.7 Å². The van der Waals surface area contributed by atoms with Crippen LogP contribution in [0.4, 0.5) is 11.4 Å². The van der Waals surface area contributed by atoms with Gasteiger partial charge in [-0.1, -0.05) is 76.3 Å². The number of nitrogens with one attached hydrogen (secondary N) is 2. The van der Waals surface area contributed by atoms with Crippen LogP contribution in [0.2, 0.25) is 0 Å². The number of ether oxygens (including phenoxy) is 2. The molecule has 0 spiro atoms. The topological polar surface area (TPSA) is 79.9 Å². The maximum Gasteiger partial charge on any atom is 0.253 e. The number of piperidine rings is 1. The molecule has 0 radical (unpaired) electrons. The maximum atomic E-state index is 13.0. The molecule has 1 saturated heterocycles. The van der Waals surface area contributed by atoms with E-state index in [1.807, 2.05) is 6.07 Å². The Morgan fingerprint density at radius 2 is 1.73 bits per heavy atom. The minimum Gasteiger partial charge on any atom is -0.385 e. The summed E-state index contributed by atoms with van der Waals surface area (Å²) in [7, 11) is 1.71. The third-order valence-electron chi connectivity index (χ3n) is 8.64. The summed E-state index contributed by atoms with van der Waals surface area (Å²) in [6.45, 7) is 8.97. The fourth-order valence-electron chi connectivity index (χ4n) is 6.61. The molecule has 0 amide bonds. The SMILES string of the molecule is COCCCOC(c1ccccc1)[C@@H]1CCCN(c2c(N[C@H](CNCC(C)C)CC3CCCCC3)c(=O)c2=O)C1. The lowest BCUT2D eigenvalue weighted by Crippen LogP contribution is -2.49. The number of methoxy groups -OCH3 is 1. The lowest BCUT2D eigenvalue weighted by molar-refractivity contribution is -0.00235. The molecule has 1 aliphatic heterocycles. The Labute approximate surface area is 240 Å². The van der Waals surface area contributed by atoms with Crippen molar-refractivity contribution in [2.45, 2.75) is 83.8 Å². The van der Waals surface area contributed by atoms with Crippen LogP contribution in [0.25, 0.3) is 0 Å². The van der Waals surface area contributed by atoms with Crippen LogP contribution in [-0.4, -0.2) is 52.5 Å². The largest absolute Gasteiger partial charge is 0.385 e. The summed E-state index contributed by atoms with van der Waals surface area (Å²) in [5.41, 5.74) is 1.60. The van der Waals surface area contributed by atoms with E-state index >= 15 is 0 Å². The zero-order valence-corrected chi connectivity index (χ0v) is 25.0. The van der Waals surface area contributed by atoms with Crippen LogP contribution in [0.1, 0.15) is 83.3 Å². The van der Waals surface area contributed by atoms with Gasteiger partial charge in [-0.25, -0.2) is 0 Å². The van der Waals surface area contributed by atoms with E-state index in [1.54, 1.807) is 7.11 Å². The van der Waals surface area contributed by atoms with Crippen molar-refractivity contribution in [3.8, 4) is 0 Å². The molecule has 0 aromatic heterocycles. The Hall–Kier alpha value is -2.22. The third kappa shape index (κ3) is 8.40. The van der Waals surface area contributed by atoms with Crippen LogP contribution >= 0.6 is 0 Å². The number of rotatable bonds is 16. The van der Waals surface area contributed by atoms with Crippen molar-refractivity contribution < 1.29 is 9.47 Å². The summed E-state index contributed by atoms with van der Waals surface area (Å²) in [4.78, 5) is 28.1. The van der Waals surface area contributed by atoms with Crippen LogP contribution in [0.3, 0.4) is 0 Å². The first-order valence-electron chi connectivity index (χ1n) is 15.7. The molecule has 2 aliphatic rings. The van der Waals surface area contributed by atoms with E-state index in [2.05, 4.69) is 53.6 Å². The van der Waals surface area contributed by atoms with Crippen molar-refractivity contribution in [2.24, 2.45) is 17.8 Å². The van der Waals surface area contributed by atoms with E-state index in [9.17, 15) is 9.59 Å². The molecule has 7 nitrogen and oxygen atoms in total. The zero-order chi connectivity index (χ0) is 28.3. The van der Waals surface area contributed by atoms with Crippen molar-refractivity contribution in [1.82, 2.24) is 5.32 Å². The van der Waals surface area contributed by atoms with Gasteiger partial charge in [-0.05, 0) is 49.6 Å². The van der Waals surface area contributed by atoms with Gasteiger partial charge < -0.3 is 25.0 Å². The molecule has 3 atom stereocenters. The van der Waals surface area contributed by atoms with E-state index in [4.69, 9.17) is 9.47 Å². The quantitative estimate of drug-likeness (QED) is 0.216. The Bertz CT molecular complexity index is 1080. The minimum absolute atomic E-state index is 0.0528. The second-order valence-electron chi connectivity index (χ2n) is 12.4. The van der Waals surface area contributed by atoms with Gasteiger partial charge in [-0.2, -0.15) is 0 Å². The van der Waals surface area contributed by atoms with E-state index in [1.165, 1.54) is 37.7 Å². The highest BCUT2D eigenvalue weighted by Gasteiger charge is 2.34. The smallest absolute Gasteiger partial charge is 0.253 e. The first-order valence-corrected chi connectivity index (χ1v) is 15.7. The first-order chi connectivity index (χ1) is 19.5. The first kappa shape index (κ1) is 30.7. The molecule has 4 rings (SSSR count). The molecular weight excluding hydrogens is 502 g/mol. The number of benzene rings is 1. The molecular formula is C33H51N3O4. The monoisotopic (exact) mass is 553 g/mol. The predicted octanol–water partition coefficient (Wildman–Crippen LogP) is 5.29. The molecule has 40 heavy (non-hydrogen) atoms. The highest BCUT2D eigenvalue weighted by molar-refractivity contribution is 5.75. The summed E-state index contributed by atoms with van der Waals surface area (Å²) in [5.74, 6) is 1.49. The van der Waals surface area contributed by atoms with E-state index in [0.29, 0.717) is 43.0 Å². The second kappa shape index (κ2) is 15.7. The molecule has 0 bridgehead atoms. The molecule has 1 saturated carbocycles. The summed E-state index contributed by atoms with van der Waals surface area (Å²) in [6, 6.07) is 10.5. The molecule has 1 unspecified atom stereocenters. The van der Waals surface area contributed by atoms with Crippen LogP contribution in [0, 0.1) is 17.8 Å². The van der Waals surface area contributed by atoms with Crippen LogP contribution in [-0.2, 0) is 9.47 Å². The summed E-state index contributed by atoms with van der Waals surface area (Å²) in [6.07, 6.45) is 10.3. The van der Waals surface area contributed by atoms with Crippen LogP contribution in [0.15, 0.2) is 39.9 Å². The highest BCUT2D eigenvalue weighted by atomic mass is 16.5. The summed E-state index contributed by atoms with van der Waals surface area (Å²) in [5, 5.41) is 7.18. The van der Waals surface area contributed by atoms with Gasteiger partial charge in [-0.15, -0.1) is 0 Å². The van der Waals surface area contributed by atoms with Gasteiger partial charge in [-0.3, -0.25) is 9.59 Å². The molecule has 1 aliphatic carbocycles. The number of nitrogens with zero attached hydrogens (tertiary/aromatic N) is 1. The highest BCUT2D eigenvalue weighted by Crippen LogP contribution is 2.36. The summed E-state index contributed by atoms with van der Waals surface area (Å²) < 4.78 is 11.7. The number of hydrogen-bond acceptors (Lipinski definition) is 7. The number of anilines is 2. The van der Waals surface area contributed by atoms with Crippen LogP contribution in [0.5, 0.6) is 0 Å². The number of hydrogen-bond donors (Lipinski definition) is 2. The fourth-order valence-corrected chi connectivity index (χ4v) is 6.61. The van der Waals surface area contributed by atoms with Gasteiger partial charge in [0.05, 0.1) is 6.10 Å². The minimum atomic E-state index is -0.356. The van der Waals surface area contributed by atoms with Crippen LogP contribution < -0.4 is 26.4 Å². The van der Waals surface area contributed by atoms with Crippen molar-refractivity contribution in [3.63, 3.8) is 0 Å². The van der Waals surface area contributed by atoms with Gasteiger partial charge in [0.15, 0.2) is 0 Å². The van der Waals surface area contributed by atoms with Crippen molar-refractivity contribution in [1.29, 1.82) is 0 Å². The van der Waals surface area contributed by atoms with Gasteiger partial charge >= 0.3 is 0 Å². The van der Waals surface area contributed by atoms with Gasteiger partial charge in [0.2, 0.25) is 0 Å². The van der Waals surface area contributed by atoms with E-state index in [0.717, 1.165) is 45.3 Å². The average molecular weight is 554 g/mol. The van der Waals surface area contributed by atoms with Gasteiger partial charge in [0, 0.05) is 51.9 Å². The van der Waals surface area contributed by atoms with Gasteiger partial charge in [0.1, 0.15) is 11.4 Å².